The fourth-order valence-electron chi connectivity index (χ4n) is 2.65. The number of nitrogens with zero attached hydrogens (tertiary/aromatic N) is 3. The average molecular weight is 335 g/mol. The van der Waals surface area contributed by atoms with Crippen molar-refractivity contribution in [3.63, 3.8) is 0 Å². The summed E-state index contributed by atoms with van der Waals surface area (Å²) in [5, 5.41) is 3.87. The summed E-state index contributed by atoms with van der Waals surface area (Å²) in [5.41, 5.74) is 0. The van der Waals surface area contributed by atoms with Crippen LogP contribution < -0.4 is 0 Å². The van der Waals surface area contributed by atoms with Gasteiger partial charge in [-0.3, -0.25) is 4.79 Å². The zero-order chi connectivity index (χ0) is 16.8. The van der Waals surface area contributed by atoms with Crippen molar-refractivity contribution >= 4 is 5.91 Å². The number of carbonyl (C=O) groups is 1. The molecule has 1 amide bonds. The number of methoxy groups -OCH3 is 1. The highest BCUT2D eigenvalue weighted by Gasteiger charge is 2.26. The maximum atomic E-state index is 12.3. The van der Waals surface area contributed by atoms with E-state index in [-0.39, 0.29) is 18.6 Å². The van der Waals surface area contributed by atoms with Crippen LogP contribution in [0.3, 0.4) is 0 Å². The maximum Gasteiger partial charge on any atom is 0.289 e. The molecule has 24 heavy (non-hydrogen) atoms. The quantitative estimate of drug-likeness (QED) is 0.760. The zero-order valence-electron chi connectivity index (χ0n) is 13.6. The van der Waals surface area contributed by atoms with Gasteiger partial charge in [0, 0.05) is 26.6 Å². The van der Waals surface area contributed by atoms with Crippen LogP contribution in [-0.4, -0.2) is 53.9 Å². The molecule has 130 valence electrons. The van der Waals surface area contributed by atoms with Gasteiger partial charge >= 0.3 is 0 Å². The lowest BCUT2D eigenvalue weighted by molar-refractivity contribution is -0.0160. The fraction of sp³-hybridized carbons (Fsp3) is 0.562. The molecule has 3 heterocycles. The first-order valence-electron chi connectivity index (χ1n) is 8.01. The topological polar surface area (TPSA) is 90.8 Å². The Morgan fingerprint density at radius 2 is 2.42 bits per heavy atom. The minimum Gasteiger partial charge on any atom is -0.459 e. The number of rotatable bonds is 7. The van der Waals surface area contributed by atoms with Crippen molar-refractivity contribution in [1.82, 2.24) is 15.0 Å². The van der Waals surface area contributed by atoms with E-state index in [1.807, 2.05) is 0 Å². The first kappa shape index (κ1) is 16.7. The summed E-state index contributed by atoms with van der Waals surface area (Å²) in [6.45, 7) is 2.03. The Morgan fingerprint density at radius 1 is 1.50 bits per heavy atom. The summed E-state index contributed by atoms with van der Waals surface area (Å²) >= 11 is 0. The summed E-state index contributed by atoms with van der Waals surface area (Å²) in [5.74, 6) is 1.30. The molecule has 0 saturated carbocycles. The third-order valence-electron chi connectivity index (χ3n) is 3.88. The largest absolute Gasteiger partial charge is 0.459 e. The van der Waals surface area contributed by atoms with Gasteiger partial charge in [-0.2, -0.15) is 4.98 Å². The number of piperidine rings is 1. The number of furan rings is 1. The number of ether oxygens (including phenoxy) is 2. The Labute approximate surface area is 139 Å². The second kappa shape index (κ2) is 8.07. The van der Waals surface area contributed by atoms with Crippen molar-refractivity contribution in [1.29, 1.82) is 0 Å². The third-order valence-corrected chi connectivity index (χ3v) is 3.88. The molecule has 2 aromatic heterocycles. The van der Waals surface area contributed by atoms with Crippen molar-refractivity contribution in [2.45, 2.75) is 32.0 Å². The first-order chi connectivity index (χ1) is 11.8. The molecule has 0 bridgehead atoms. The minimum atomic E-state index is -0.104. The van der Waals surface area contributed by atoms with E-state index in [0.29, 0.717) is 43.6 Å². The molecule has 0 radical (unpaired) electrons. The SMILES string of the molecule is COCCc1noc(COC2CCCN(C(=O)c3ccco3)C2)n1. The lowest BCUT2D eigenvalue weighted by Gasteiger charge is -2.31. The van der Waals surface area contributed by atoms with Crippen LogP contribution in [0.2, 0.25) is 0 Å². The van der Waals surface area contributed by atoms with Gasteiger partial charge in [0.25, 0.3) is 11.8 Å². The smallest absolute Gasteiger partial charge is 0.289 e. The molecule has 1 aliphatic rings. The normalized spacial score (nSPS) is 18.0. The van der Waals surface area contributed by atoms with Crippen molar-refractivity contribution in [3.8, 4) is 0 Å². The number of carbonyl (C=O) groups excluding carboxylic acids is 1. The van der Waals surface area contributed by atoms with E-state index in [0.717, 1.165) is 12.8 Å². The maximum absolute atomic E-state index is 12.3. The molecule has 8 heteroatoms. The second-order valence-corrected chi connectivity index (χ2v) is 5.65. The first-order valence-corrected chi connectivity index (χ1v) is 8.01. The van der Waals surface area contributed by atoms with Crippen LogP contribution in [0.5, 0.6) is 0 Å². The molecule has 1 fully saturated rings. The highest BCUT2D eigenvalue weighted by Crippen LogP contribution is 2.17. The third kappa shape index (κ3) is 4.21. The number of likely N-dealkylation sites (tertiary alicyclic amines) is 1. The Hall–Kier alpha value is -2.19. The van der Waals surface area contributed by atoms with Crippen LogP contribution >= 0.6 is 0 Å². The highest BCUT2D eigenvalue weighted by molar-refractivity contribution is 5.91. The average Bonchev–Trinajstić information content (AvgIpc) is 3.29. The van der Waals surface area contributed by atoms with E-state index in [1.165, 1.54) is 6.26 Å². The van der Waals surface area contributed by atoms with Crippen LogP contribution in [0.25, 0.3) is 0 Å². The van der Waals surface area contributed by atoms with Gasteiger partial charge in [0.05, 0.1) is 19.0 Å². The van der Waals surface area contributed by atoms with Crippen LogP contribution in [0.4, 0.5) is 0 Å². The molecule has 1 atom stereocenters. The molecule has 8 nitrogen and oxygen atoms in total. The Balaban J connectivity index is 1.48. The number of hydrogen-bond donors (Lipinski definition) is 0. The van der Waals surface area contributed by atoms with Gasteiger partial charge in [-0.25, -0.2) is 0 Å². The molecule has 0 spiro atoms. The van der Waals surface area contributed by atoms with Gasteiger partial charge in [0.2, 0.25) is 0 Å². The van der Waals surface area contributed by atoms with E-state index in [2.05, 4.69) is 10.1 Å². The van der Waals surface area contributed by atoms with Gasteiger partial charge in [0.1, 0.15) is 6.61 Å². The number of amides is 1. The van der Waals surface area contributed by atoms with E-state index in [9.17, 15) is 4.79 Å². The Morgan fingerprint density at radius 3 is 3.21 bits per heavy atom. The Kier molecular flexibility index (Phi) is 5.60. The minimum absolute atomic E-state index is 0.0491. The molecule has 0 N–H and O–H groups in total. The van der Waals surface area contributed by atoms with Gasteiger partial charge < -0.3 is 23.3 Å². The highest BCUT2D eigenvalue weighted by atomic mass is 16.5. The Bertz CT molecular complexity index is 640. The molecule has 0 aliphatic carbocycles. The summed E-state index contributed by atoms with van der Waals surface area (Å²) in [7, 11) is 1.63. The van der Waals surface area contributed by atoms with Crippen molar-refractivity contribution in [3.05, 3.63) is 35.9 Å². The molecule has 0 aromatic carbocycles. The van der Waals surface area contributed by atoms with Crippen LogP contribution in [0, 0.1) is 0 Å². The molecule has 2 aromatic rings. The number of aromatic nitrogens is 2. The van der Waals surface area contributed by atoms with Crippen molar-refractivity contribution in [2.75, 3.05) is 26.8 Å². The van der Waals surface area contributed by atoms with Gasteiger partial charge in [-0.05, 0) is 25.0 Å². The molecule has 1 aliphatic heterocycles. The van der Waals surface area contributed by atoms with Gasteiger partial charge in [0.15, 0.2) is 11.6 Å². The second-order valence-electron chi connectivity index (χ2n) is 5.65. The van der Waals surface area contributed by atoms with E-state index in [1.54, 1.807) is 24.1 Å². The summed E-state index contributed by atoms with van der Waals surface area (Å²) < 4.78 is 21.1. The van der Waals surface area contributed by atoms with Gasteiger partial charge in [-0.15, -0.1) is 0 Å². The van der Waals surface area contributed by atoms with Crippen molar-refractivity contribution in [2.24, 2.45) is 0 Å². The van der Waals surface area contributed by atoms with E-state index >= 15 is 0 Å². The van der Waals surface area contributed by atoms with E-state index in [4.69, 9.17) is 18.4 Å². The fourth-order valence-corrected chi connectivity index (χ4v) is 2.65. The lowest BCUT2D eigenvalue weighted by Crippen LogP contribution is -2.43. The summed E-state index contributed by atoms with van der Waals surface area (Å²) in [4.78, 5) is 18.3. The lowest BCUT2D eigenvalue weighted by atomic mass is 10.1. The van der Waals surface area contributed by atoms with E-state index < -0.39 is 0 Å². The van der Waals surface area contributed by atoms with Gasteiger partial charge in [-0.1, -0.05) is 5.16 Å². The monoisotopic (exact) mass is 335 g/mol. The molecule has 3 rings (SSSR count). The summed E-state index contributed by atoms with van der Waals surface area (Å²) in [6.07, 6.45) is 3.84. The zero-order valence-corrected chi connectivity index (χ0v) is 13.6. The van der Waals surface area contributed by atoms with Crippen LogP contribution in [0.15, 0.2) is 27.3 Å². The molecule has 1 saturated heterocycles. The number of hydrogen-bond acceptors (Lipinski definition) is 7. The van der Waals surface area contributed by atoms with Crippen LogP contribution in [-0.2, 0) is 22.5 Å². The predicted octanol–water partition coefficient (Wildman–Crippen LogP) is 1.67. The predicted molar refractivity (Wildman–Crippen MR) is 82.3 cm³/mol. The summed E-state index contributed by atoms with van der Waals surface area (Å²) in [6, 6.07) is 3.38. The molecular weight excluding hydrogens is 314 g/mol. The van der Waals surface area contributed by atoms with Crippen molar-refractivity contribution < 1.29 is 23.2 Å². The molecular formula is C16H21N3O5. The standard InChI is InChI=1S/C16H21N3O5/c1-21-9-6-14-17-15(24-18-14)11-23-12-4-2-7-19(10-12)16(20)13-5-3-8-22-13/h3,5,8,12H,2,4,6-7,9-11H2,1H3. The molecule has 1 unspecified atom stereocenters. The van der Waals surface area contributed by atoms with Crippen LogP contribution in [0.1, 0.15) is 35.1 Å².